The highest BCUT2D eigenvalue weighted by Gasteiger charge is 2.60. The number of methoxy groups -OCH3 is 1. The molecular weight excluding hydrogens is 452 g/mol. The van der Waals surface area contributed by atoms with Crippen LogP contribution in [-0.2, 0) is 16.8 Å². The van der Waals surface area contributed by atoms with Crippen LogP contribution < -0.4 is 20.3 Å². The molecule has 35 heavy (non-hydrogen) atoms. The Bertz CT molecular complexity index is 1380. The van der Waals surface area contributed by atoms with Crippen molar-refractivity contribution in [2.24, 2.45) is 5.92 Å². The maximum atomic E-state index is 13.5. The number of urea groups is 1. The number of nitrogens with zero attached hydrogens (tertiary/aromatic N) is 2. The number of fused-ring (bicyclic) bond motifs is 2. The largest absolute Gasteiger partial charge is 0.497 e. The molecule has 2 aromatic heterocycles. The molecule has 3 N–H and O–H groups in total. The van der Waals surface area contributed by atoms with Crippen LogP contribution in [0, 0.1) is 5.92 Å². The predicted octanol–water partition coefficient (Wildman–Crippen LogP) is 1.89. The topological polar surface area (TPSA) is 134 Å². The lowest BCUT2D eigenvalue weighted by atomic mass is 9.79. The van der Waals surface area contributed by atoms with E-state index in [-0.39, 0.29) is 18.0 Å². The number of piperidine rings is 1. The summed E-state index contributed by atoms with van der Waals surface area (Å²) >= 11 is 0. The molecule has 0 saturated carbocycles. The number of β-amino-alcohol motifs (C(OH)–C–C–N with tert-alkyl or cyclic N) is 1. The van der Waals surface area contributed by atoms with Crippen LogP contribution in [-0.4, -0.2) is 54.1 Å². The number of ether oxygens (including phenoxy) is 1. The van der Waals surface area contributed by atoms with E-state index in [4.69, 9.17) is 9.15 Å². The minimum Gasteiger partial charge on any atom is -0.497 e. The van der Waals surface area contributed by atoms with Gasteiger partial charge in [0.25, 0.3) is 5.91 Å². The van der Waals surface area contributed by atoms with Crippen molar-refractivity contribution in [3.05, 3.63) is 53.3 Å². The number of hydrogen-bond donors (Lipinski definition) is 3. The van der Waals surface area contributed by atoms with Gasteiger partial charge in [-0.1, -0.05) is 6.07 Å². The summed E-state index contributed by atoms with van der Waals surface area (Å²) in [7, 11) is 1.52. The highest BCUT2D eigenvalue weighted by atomic mass is 16.5. The van der Waals surface area contributed by atoms with Crippen LogP contribution >= 0.6 is 0 Å². The van der Waals surface area contributed by atoms with E-state index in [0.29, 0.717) is 34.8 Å². The number of carbonyl (C=O) groups is 3. The summed E-state index contributed by atoms with van der Waals surface area (Å²) in [5, 5.41) is 15.0. The first-order valence-corrected chi connectivity index (χ1v) is 11.6. The number of carbonyl (C=O) groups excluding carboxylic acids is 3. The number of Topliss-reactive ketones (excluding diaryl/α,β-unsaturated/α-hetero) is 1. The normalized spacial score (nSPS) is 26.1. The van der Waals surface area contributed by atoms with Crippen molar-refractivity contribution in [2.75, 3.05) is 25.1 Å². The number of hydrogen-bond acceptors (Lipinski definition) is 8. The van der Waals surface area contributed by atoms with E-state index < -0.39 is 29.5 Å². The highest BCUT2D eigenvalue weighted by molar-refractivity contribution is 6.13. The van der Waals surface area contributed by atoms with Gasteiger partial charge in [-0.25, -0.2) is 9.78 Å². The molecular formula is C25H24N4O6. The second-order valence-electron chi connectivity index (χ2n) is 9.27. The standard InChI is InChI=1S/C25H24N4O6/c1-34-15-5-4-13-9-17(22(31)16(13)10-15)25(23(32)27-24(33)28-25)20-11-18-19(35-20)6-7-21(26-18)29-8-2-3-14(30)12-29/h4-7,10-11,14,17,30H,2-3,8-9,12H2,1H3,(H2,27,28,32,33). The third-order valence-electron chi connectivity index (χ3n) is 7.21. The number of aliphatic hydroxyl groups excluding tert-OH is 1. The molecule has 1 aliphatic carbocycles. The fourth-order valence-corrected chi connectivity index (χ4v) is 5.45. The third-order valence-corrected chi connectivity index (χ3v) is 7.21. The van der Waals surface area contributed by atoms with Crippen molar-refractivity contribution in [3.8, 4) is 5.75 Å². The van der Waals surface area contributed by atoms with Crippen LogP contribution in [0.3, 0.4) is 0 Å². The van der Waals surface area contributed by atoms with Gasteiger partial charge < -0.3 is 24.5 Å². The van der Waals surface area contributed by atoms with Gasteiger partial charge in [-0.2, -0.15) is 0 Å². The Labute approximate surface area is 200 Å². The molecule has 6 rings (SSSR count). The average Bonchev–Trinajstić information content (AvgIpc) is 3.51. The van der Waals surface area contributed by atoms with E-state index >= 15 is 0 Å². The summed E-state index contributed by atoms with van der Waals surface area (Å²) in [4.78, 5) is 45.8. The van der Waals surface area contributed by atoms with Crippen LogP contribution in [0.4, 0.5) is 10.6 Å². The number of pyridine rings is 1. The number of amides is 3. The van der Waals surface area contributed by atoms with Gasteiger partial charge >= 0.3 is 6.03 Å². The number of ketones is 1. The van der Waals surface area contributed by atoms with Crippen molar-refractivity contribution in [1.82, 2.24) is 15.6 Å². The Morgan fingerprint density at radius 2 is 2.06 bits per heavy atom. The van der Waals surface area contributed by atoms with E-state index in [9.17, 15) is 19.5 Å². The molecule has 3 aliphatic rings. The van der Waals surface area contributed by atoms with Gasteiger partial charge in [-0.05, 0) is 49.1 Å². The van der Waals surface area contributed by atoms with E-state index in [1.165, 1.54) is 7.11 Å². The number of aromatic nitrogens is 1. The van der Waals surface area contributed by atoms with Gasteiger partial charge in [0, 0.05) is 24.7 Å². The van der Waals surface area contributed by atoms with Crippen molar-refractivity contribution >= 4 is 34.6 Å². The molecule has 3 atom stereocenters. The molecule has 2 saturated heterocycles. The van der Waals surface area contributed by atoms with Crippen LogP contribution in [0.1, 0.15) is 34.5 Å². The van der Waals surface area contributed by atoms with Crippen LogP contribution in [0.15, 0.2) is 40.8 Å². The fourth-order valence-electron chi connectivity index (χ4n) is 5.45. The molecule has 3 amide bonds. The monoisotopic (exact) mass is 476 g/mol. The van der Waals surface area contributed by atoms with Gasteiger partial charge in [0.15, 0.2) is 16.9 Å². The van der Waals surface area contributed by atoms with Gasteiger partial charge in [-0.3, -0.25) is 14.9 Å². The first-order valence-electron chi connectivity index (χ1n) is 11.6. The summed E-state index contributed by atoms with van der Waals surface area (Å²) in [6.45, 7) is 1.27. The molecule has 1 aromatic carbocycles. The SMILES string of the molecule is COc1ccc2c(c1)C(=O)C(C1(c3cc4nc(N5CCCC(O)C5)ccc4o3)NC(=O)NC1=O)C2. The lowest BCUT2D eigenvalue weighted by Gasteiger charge is -2.30. The summed E-state index contributed by atoms with van der Waals surface area (Å²) in [5.41, 5.74) is 0.453. The van der Waals surface area contributed by atoms with E-state index in [1.807, 2.05) is 4.90 Å². The summed E-state index contributed by atoms with van der Waals surface area (Å²) in [6, 6.07) is 9.69. The molecule has 0 bridgehead atoms. The minimum absolute atomic E-state index is 0.150. The Balaban J connectivity index is 1.42. The number of nitrogens with one attached hydrogen (secondary N) is 2. The molecule has 0 radical (unpaired) electrons. The molecule has 10 nitrogen and oxygen atoms in total. The first-order chi connectivity index (χ1) is 16.9. The number of rotatable bonds is 4. The van der Waals surface area contributed by atoms with Crippen molar-refractivity contribution in [2.45, 2.75) is 30.9 Å². The zero-order valence-corrected chi connectivity index (χ0v) is 19.0. The first kappa shape index (κ1) is 21.6. The van der Waals surface area contributed by atoms with Crippen LogP contribution in [0.25, 0.3) is 11.1 Å². The predicted molar refractivity (Wildman–Crippen MR) is 124 cm³/mol. The summed E-state index contributed by atoms with van der Waals surface area (Å²) < 4.78 is 11.3. The number of imide groups is 1. The highest BCUT2D eigenvalue weighted by Crippen LogP contribution is 2.44. The molecule has 4 heterocycles. The smallest absolute Gasteiger partial charge is 0.322 e. The quantitative estimate of drug-likeness (QED) is 0.486. The van der Waals surface area contributed by atoms with Gasteiger partial charge in [0.05, 0.1) is 19.1 Å². The molecule has 2 fully saturated rings. The lowest BCUT2D eigenvalue weighted by Crippen LogP contribution is -2.52. The number of furan rings is 1. The fraction of sp³-hybridized carbons (Fsp3) is 0.360. The molecule has 180 valence electrons. The van der Waals surface area contributed by atoms with Crippen LogP contribution in [0.2, 0.25) is 0 Å². The molecule has 3 aromatic rings. The van der Waals surface area contributed by atoms with Crippen molar-refractivity contribution < 1.29 is 28.6 Å². The van der Waals surface area contributed by atoms with Gasteiger partial charge in [-0.15, -0.1) is 0 Å². The molecule has 3 unspecified atom stereocenters. The third kappa shape index (κ3) is 3.28. The zero-order chi connectivity index (χ0) is 24.3. The van der Waals surface area contributed by atoms with Crippen LogP contribution in [0.5, 0.6) is 5.75 Å². The number of aliphatic hydroxyl groups is 1. The maximum Gasteiger partial charge on any atom is 0.322 e. The van der Waals surface area contributed by atoms with Gasteiger partial charge in [0.2, 0.25) is 0 Å². The van der Waals surface area contributed by atoms with Crippen molar-refractivity contribution in [1.29, 1.82) is 0 Å². The second kappa shape index (κ2) is 7.81. The number of benzene rings is 1. The van der Waals surface area contributed by atoms with E-state index in [2.05, 4.69) is 15.6 Å². The van der Waals surface area contributed by atoms with Crippen molar-refractivity contribution in [3.63, 3.8) is 0 Å². The summed E-state index contributed by atoms with van der Waals surface area (Å²) in [5.74, 6) is -0.429. The Hall–Kier alpha value is -3.92. The molecule has 0 spiro atoms. The van der Waals surface area contributed by atoms with Gasteiger partial charge in [0.1, 0.15) is 22.8 Å². The average molecular weight is 476 g/mol. The second-order valence-corrected chi connectivity index (χ2v) is 9.27. The maximum absolute atomic E-state index is 13.5. The summed E-state index contributed by atoms with van der Waals surface area (Å²) in [6.07, 6.45) is 1.47. The Kier molecular flexibility index (Phi) is 4.82. The zero-order valence-electron chi connectivity index (χ0n) is 19.0. The minimum atomic E-state index is -1.71. The molecule has 2 aliphatic heterocycles. The number of anilines is 1. The lowest BCUT2D eigenvalue weighted by molar-refractivity contribution is -0.126. The Morgan fingerprint density at radius 3 is 2.80 bits per heavy atom. The Morgan fingerprint density at radius 1 is 1.20 bits per heavy atom. The van der Waals surface area contributed by atoms with E-state index in [1.54, 1.807) is 36.4 Å². The molecule has 10 heteroatoms. The van der Waals surface area contributed by atoms with E-state index in [0.717, 1.165) is 24.9 Å².